The van der Waals surface area contributed by atoms with E-state index in [1.165, 1.54) is 0 Å². The zero-order valence-corrected chi connectivity index (χ0v) is 17.2. The van der Waals surface area contributed by atoms with Gasteiger partial charge in [-0.3, -0.25) is 9.48 Å². The molecule has 3 heterocycles. The zero-order valence-electron chi connectivity index (χ0n) is 16.3. The Labute approximate surface area is 173 Å². The van der Waals surface area contributed by atoms with Gasteiger partial charge in [0.1, 0.15) is 0 Å². The fourth-order valence-electron chi connectivity index (χ4n) is 3.63. The summed E-state index contributed by atoms with van der Waals surface area (Å²) in [6.45, 7) is 3.68. The van der Waals surface area contributed by atoms with Crippen LogP contribution in [0.5, 0.6) is 0 Å². The molecular weight excluding hydrogens is 386 g/mol. The van der Waals surface area contributed by atoms with E-state index in [9.17, 15) is 9.59 Å². The molecule has 0 saturated heterocycles. The number of amides is 1. The highest BCUT2D eigenvalue weighted by molar-refractivity contribution is 7.10. The van der Waals surface area contributed by atoms with Crippen LogP contribution in [0.4, 0.5) is 0 Å². The van der Waals surface area contributed by atoms with E-state index < -0.39 is 5.97 Å². The number of fused-ring (bicyclic) bond motifs is 1. The van der Waals surface area contributed by atoms with E-state index in [1.807, 2.05) is 57.4 Å². The molecule has 0 saturated carbocycles. The summed E-state index contributed by atoms with van der Waals surface area (Å²) in [5, 5.41) is 6.56. The van der Waals surface area contributed by atoms with E-state index in [0.717, 1.165) is 21.7 Å². The SMILES string of the molecule is CCOC(=O)c1nn(Cc2ccccc2)c2c1CN(C(=O)Cc1cccs1)CC2. The minimum Gasteiger partial charge on any atom is -0.461 e. The van der Waals surface area contributed by atoms with Gasteiger partial charge < -0.3 is 9.64 Å². The first-order chi connectivity index (χ1) is 14.2. The van der Waals surface area contributed by atoms with Gasteiger partial charge in [0, 0.05) is 35.6 Å². The maximum absolute atomic E-state index is 12.8. The number of hydrogen-bond acceptors (Lipinski definition) is 5. The van der Waals surface area contributed by atoms with E-state index >= 15 is 0 Å². The highest BCUT2D eigenvalue weighted by Crippen LogP contribution is 2.25. The summed E-state index contributed by atoms with van der Waals surface area (Å²) in [6.07, 6.45) is 1.06. The van der Waals surface area contributed by atoms with Crippen molar-refractivity contribution in [2.75, 3.05) is 13.2 Å². The molecule has 0 atom stereocenters. The van der Waals surface area contributed by atoms with Crippen LogP contribution in [0.2, 0.25) is 0 Å². The van der Waals surface area contributed by atoms with Crippen LogP contribution in [0.3, 0.4) is 0 Å². The lowest BCUT2D eigenvalue weighted by atomic mass is 10.0. The maximum Gasteiger partial charge on any atom is 0.359 e. The molecule has 150 valence electrons. The van der Waals surface area contributed by atoms with Crippen LogP contribution in [0.25, 0.3) is 0 Å². The van der Waals surface area contributed by atoms with Gasteiger partial charge in [-0.15, -0.1) is 11.3 Å². The fourth-order valence-corrected chi connectivity index (χ4v) is 4.32. The number of aromatic nitrogens is 2. The Kier molecular flexibility index (Phi) is 5.76. The predicted molar refractivity (Wildman–Crippen MR) is 111 cm³/mol. The van der Waals surface area contributed by atoms with Crippen LogP contribution >= 0.6 is 11.3 Å². The average Bonchev–Trinajstić information content (AvgIpc) is 3.37. The van der Waals surface area contributed by atoms with Crippen molar-refractivity contribution in [3.05, 3.63) is 75.2 Å². The van der Waals surface area contributed by atoms with Crippen molar-refractivity contribution in [2.45, 2.75) is 32.9 Å². The number of esters is 1. The van der Waals surface area contributed by atoms with Gasteiger partial charge in [-0.25, -0.2) is 4.79 Å². The molecule has 0 N–H and O–H groups in total. The number of hydrogen-bond donors (Lipinski definition) is 0. The van der Waals surface area contributed by atoms with Gasteiger partial charge in [0.2, 0.25) is 5.91 Å². The smallest absolute Gasteiger partial charge is 0.359 e. The molecule has 0 fully saturated rings. The second-order valence-electron chi connectivity index (χ2n) is 6.96. The van der Waals surface area contributed by atoms with Crippen molar-refractivity contribution < 1.29 is 14.3 Å². The third kappa shape index (κ3) is 4.24. The van der Waals surface area contributed by atoms with Crippen molar-refractivity contribution in [3.8, 4) is 0 Å². The molecule has 0 radical (unpaired) electrons. The summed E-state index contributed by atoms with van der Waals surface area (Å²) >= 11 is 1.58. The second-order valence-corrected chi connectivity index (χ2v) is 7.99. The van der Waals surface area contributed by atoms with E-state index in [0.29, 0.717) is 44.8 Å². The van der Waals surface area contributed by atoms with Crippen LogP contribution in [-0.4, -0.2) is 39.7 Å². The number of carbonyl (C=O) groups excluding carboxylic acids is 2. The number of ether oxygens (including phenoxy) is 1. The number of carbonyl (C=O) groups is 2. The highest BCUT2D eigenvalue weighted by atomic mass is 32.1. The van der Waals surface area contributed by atoms with Crippen molar-refractivity contribution in [1.29, 1.82) is 0 Å². The minimum absolute atomic E-state index is 0.0729. The molecule has 29 heavy (non-hydrogen) atoms. The van der Waals surface area contributed by atoms with E-state index in [4.69, 9.17) is 4.74 Å². The molecule has 1 aliphatic rings. The van der Waals surface area contributed by atoms with Gasteiger partial charge in [-0.1, -0.05) is 36.4 Å². The minimum atomic E-state index is -0.428. The summed E-state index contributed by atoms with van der Waals surface area (Å²) in [6, 6.07) is 14.0. The molecule has 1 amide bonds. The van der Waals surface area contributed by atoms with E-state index in [1.54, 1.807) is 18.3 Å². The molecule has 4 rings (SSSR count). The molecular formula is C22H23N3O3S. The third-order valence-electron chi connectivity index (χ3n) is 5.04. The summed E-state index contributed by atoms with van der Waals surface area (Å²) in [7, 11) is 0. The molecule has 0 bridgehead atoms. The lowest BCUT2D eigenvalue weighted by molar-refractivity contribution is -0.131. The normalized spacial score (nSPS) is 13.2. The van der Waals surface area contributed by atoms with Crippen molar-refractivity contribution in [2.24, 2.45) is 0 Å². The Morgan fingerprint density at radius 3 is 2.72 bits per heavy atom. The Morgan fingerprint density at radius 1 is 1.17 bits per heavy atom. The topological polar surface area (TPSA) is 64.4 Å². The monoisotopic (exact) mass is 409 g/mol. The van der Waals surface area contributed by atoms with E-state index in [-0.39, 0.29) is 5.91 Å². The van der Waals surface area contributed by atoms with Crippen molar-refractivity contribution in [3.63, 3.8) is 0 Å². The van der Waals surface area contributed by atoms with Gasteiger partial charge in [-0.2, -0.15) is 5.10 Å². The van der Waals surface area contributed by atoms with Gasteiger partial charge in [-0.05, 0) is 23.9 Å². The summed E-state index contributed by atoms with van der Waals surface area (Å²) in [5.74, 6) is -0.355. The van der Waals surface area contributed by atoms with Crippen LogP contribution < -0.4 is 0 Å². The number of benzene rings is 1. The molecule has 6 nitrogen and oxygen atoms in total. The molecule has 7 heteroatoms. The number of nitrogens with zero attached hydrogens (tertiary/aromatic N) is 3. The van der Waals surface area contributed by atoms with Gasteiger partial charge in [0.15, 0.2) is 5.69 Å². The zero-order chi connectivity index (χ0) is 20.2. The highest BCUT2D eigenvalue weighted by Gasteiger charge is 2.30. The fraction of sp³-hybridized carbons (Fsp3) is 0.318. The molecule has 0 aliphatic carbocycles. The average molecular weight is 410 g/mol. The summed E-state index contributed by atoms with van der Waals surface area (Å²) in [4.78, 5) is 28.2. The Bertz CT molecular complexity index is 996. The molecule has 0 unspecified atom stereocenters. The van der Waals surface area contributed by atoms with Gasteiger partial charge in [0.05, 0.1) is 19.6 Å². The maximum atomic E-state index is 12.8. The van der Waals surface area contributed by atoms with Crippen molar-refractivity contribution in [1.82, 2.24) is 14.7 Å². The molecule has 1 aliphatic heterocycles. The lowest BCUT2D eigenvalue weighted by Crippen LogP contribution is -2.37. The van der Waals surface area contributed by atoms with E-state index in [2.05, 4.69) is 5.10 Å². The summed E-state index contributed by atoms with van der Waals surface area (Å²) < 4.78 is 7.11. The number of thiophene rings is 1. The first kappa shape index (κ1) is 19.4. The molecule has 2 aromatic heterocycles. The van der Waals surface area contributed by atoms with Crippen molar-refractivity contribution >= 4 is 23.2 Å². The van der Waals surface area contributed by atoms with Gasteiger partial charge in [0.25, 0.3) is 0 Å². The largest absolute Gasteiger partial charge is 0.461 e. The molecule has 1 aromatic carbocycles. The summed E-state index contributed by atoms with van der Waals surface area (Å²) in [5.41, 5.74) is 3.26. The first-order valence-electron chi connectivity index (χ1n) is 9.75. The predicted octanol–water partition coefficient (Wildman–Crippen LogP) is 3.30. The van der Waals surface area contributed by atoms with Crippen LogP contribution in [0.15, 0.2) is 47.8 Å². The second kappa shape index (κ2) is 8.61. The van der Waals surface area contributed by atoms with Crippen LogP contribution in [0, 0.1) is 0 Å². The Hall–Kier alpha value is -2.93. The lowest BCUT2D eigenvalue weighted by Gasteiger charge is -2.28. The number of rotatable bonds is 6. The van der Waals surface area contributed by atoms with Crippen LogP contribution in [-0.2, 0) is 35.5 Å². The quantitative estimate of drug-likeness (QED) is 0.586. The van der Waals surface area contributed by atoms with Crippen LogP contribution in [0.1, 0.15) is 39.1 Å². The molecule has 0 spiro atoms. The molecule has 3 aromatic rings. The Morgan fingerprint density at radius 2 is 2.00 bits per heavy atom. The Balaban J connectivity index is 1.60. The van der Waals surface area contributed by atoms with Gasteiger partial charge >= 0.3 is 5.97 Å². The standard InChI is InChI=1S/C22H23N3O3S/c1-2-28-22(27)21-18-15-24(20(26)13-17-9-6-12-29-17)11-10-19(18)25(23-21)14-16-7-4-3-5-8-16/h3-9,12H,2,10-11,13-15H2,1H3. The first-order valence-corrected chi connectivity index (χ1v) is 10.6. The third-order valence-corrected chi connectivity index (χ3v) is 5.91.